The van der Waals surface area contributed by atoms with Crippen LogP contribution in [0, 0.1) is 0 Å². The van der Waals surface area contributed by atoms with Crippen LogP contribution in [0.1, 0.15) is 18.4 Å². The molecule has 1 N–H and O–H groups in total. The molecule has 0 fully saturated rings. The van der Waals surface area contributed by atoms with E-state index in [-0.39, 0.29) is 0 Å². The molecule has 0 aromatic heterocycles. The average molecular weight is 270 g/mol. The number of hydrogen-bond acceptors (Lipinski definition) is 3. The normalized spacial score (nSPS) is 11.8. The van der Waals surface area contributed by atoms with E-state index in [9.17, 15) is 8.42 Å². The standard InChI is InChI=1S/C13H22N2O2S/c1-15(2)11-5-4-6-12-7-9-13(10-8-12)14-18(3,16)17/h7-10,14H,4-6,11H2,1-3H3. The predicted molar refractivity (Wildman–Crippen MR) is 76.4 cm³/mol. The maximum atomic E-state index is 11.0. The summed E-state index contributed by atoms with van der Waals surface area (Å²) in [6.45, 7) is 1.10. The number of nitrogens with one attached hydrogen (secondary N) is 1. The number of sulfonamides is 1. The van der Waals surface area contributed by atoms with Gasteiger partial charge in [0.05, 0.1) is 6.26 Å². The first-order chi connectivity index (χ1) is 8.37. The lowest BCUT2D eigenvalue weighted by molar-refractivity contribution is 0.394. The fourth-order valence-corrected chi connectivity index (χ4v) is 2.27. The first kappa shape index (κ1) is 15.0. The van der Waals surface area contributed by atoms with Gasteiger partial charge in [-0.2, -0.15) is 0 Å². The van der Waals surface area contributed by atoms with E-state index in [0.29, 0.717) is 5.69 Å². The molecule has 0 heterocycles. The van der Waals surface area contributed by atoms with Crippen LogP contribution < -0.4 is 4.72 Å². The number of rotatable bonds is 7. The van der Waals surface area contributed by atoms with Gasteiger partial charge in [0.15, 0.2) is 0 Å². The molecule has 1 aromatic rings. The third-order valence-electron chi connectivity index (χ3n) is 2.58. The molecule has 0 spiro atoms. The van der Waals surface area contributed by atoms with Crippen molar-refractivity contribution in [2.45, 2.75) is 19.3 Å². The molecular formula is C13H22N2O2S. The fraction of sp³-hybridized carbons (Fsp3) is 0.538. The van der Waals surface area contributed by atoms with Crippen molar-refractivity contribution in [2.75, 3.05) is 31.6 Å². The Balaban J connectivity index is 2.41. The van der Waals surface area contributed by atoms with Crippen LogP contribution in [0.3, 0.4) is 0 Å². The summed E-state index contributed by atoms with van der Waals surface area (Å²) in [6.07, 6.45) is 4.52. The SMILES string of the molecule is CN(C)CCCCc1ccc(NS(C)(=O)=O)cc1. The molecular weight excluding hydrogens is 248 g/mol. The molecule has 0 amide bonds. The molecule has 0 saturated heterocycles. The van der Waals surface area contributed by atoms with Gasteiger partial charge in [-0.1, -0.05) is 12.1 Å². The Kier molecular flexibility index (Phi) is 5.62. The van der Waals surface area contributed by atoms with E-state index < -0.39 is 10.0 Å². The Hall–Kier alpha value is -1.07. The van der Waals surface area contributed by atoms with E-state index in [1.807, 2.05) is 24.3 Å². The third kappa shape index (κ3) is 6.61. The quantitative estimate of drug-likeness (QED) is 0.770. The number of benzene rings is 1. The molecule has 0 saturated carbocycles. The van der Waals surface area contributed by atoms with Crippen molar-refractivity contribution in [3.05, 3.63) is 29.8 Å². The summed E-state index contributed by atoms with van der Waals surface area (Å²) in [5, 5.41) is 0. The van der Waals surface area contributed by atoms with Gasteiger partial charge < -0.3 is 4.90 Å². The molecule has 0 aliphatic heterocycles. The molecule has 1 aromatic carbocycles. The topological polar surface area (TPSA) is 49.4 Å². The van der Waals surface area contributed by atoms with Gasteiger partial charge in [0.2, 0.25) is 10.0 Å². The van der Waals surface area contributed by atoms with E-state index >= 15 is 0 Å². The van der Waals surface area contributed by atoms with Crippen LogP contribution in [0.4, 0.5) is 5.69 Å². The lowest BCUT2D eigenvalue weighted by atomic mass is 10.1. The van der Waals surface area contributed by atoms with Crippen molar-refractivity contribution in [3.63, 3.8) is 0 Å². The van der Waals surface area contributed by atoms with Crippen molar-refractivity contribution >= 4 is 15.7 Å². The van der Waals surface area contributed by atoms with Crippen molar-refractivity contribution in [1.82, 2.24) is 4.90 Å². The molecule has 102 valence electrons. The minimum atomic E-state index is -3.18. The van der Waals surface area contributed by atoms with E-state index in [0.717, 1.165) is 25.6 Å². The summed E-state index contributed by atoms with van der Waals surface area (Å²) in [4.78, 5) is 2.18. The van der Waals surface area contributed by atoms with E-state index in [2.05, 4.69) is 23.7 Å². The van der Waals surface area contributed by atoms with Crippen molar-refractivity contribution in [2.24, 2.45) is 0 Å². The summed E-state index contributed by atoms with van der Waals surface area (Å²) < 4.78 is 24.5. The van der Waals surface area contributed by atoms with Crippen LogP contribution in [0.5, 0.6) is 0 Å². The summed E-state index contributed by atoms with van der Waals surface area (Å²) in [5.41, 5.74) is 1.86. The van der Waals surface area contributed by atoms with Gasteiger partial charge >= 0.3 is 0 Å². The average Bonchev–Trinajstić information content (AvgIpc) is 2.24. The summed E-state index contributed by atoms with van der Waals surface area (Å²) in [6, 6.07) is 7.57. The zero-order valence-corrected chi connectivity index (χ0v) is 12.1. The molecule has 0 aliphatic carbocycles. The second-order valence-corrected chi connectivity index (χ2v) is 6.58. The number of nitrogens with zero attached hydrogens (tertiary/aromatic N) is 1. The molecule has 4 nitrogen and oxygen atoms in total. The van der Waals surface area contributed by atoms with Crippen LogP contribution in [-0.2, 0) is 16.4 Å². The van der Waals surface area contributed by atoms with Gasteiger partial charge in [0.1, 0.15) is 0 Å². The second kappa shape index (κ2) is 6.75. The lowest BCUT2D eigenvalue weighted by Crippen LogP contribution is -2.12. The monoisotopic (exact) mass is 270 g/mol. The summed E-state index contributed by atoms with van der Waals surface area (Å²) in [5.74, 6) is 0. The summed E-state index contributed by atoms with van der Waals surface area (Å²) in [7, 11) is 0.974. The molecule has 1 rings (SSSR count). The van der Waals surface area contributed by atoms with Crippen LogP contribution in [0.25, 0.3) is 0 Å². The van der Waals surface area contributed by atoms with Crippen LogP contribution in [-0.4, -0.2) is 40.2 Å². The van der Waals surface area contributed by atoms with Gasteiger partial charge in [-0.05, 0) is 57.6 Å². The van der Waals surface area contributed by atoms with Gasteiger partial charge in [-0.3, -0.25) is 4.72 Å². The molecule has 0 atom stereocenters. The van der Waals surface area contributed by atoms with E-state index in [1.54, 1.807) is 0 Å². The minimum Gasteiger partial charge on any atom is -0.309 e. The number of hydrogen-bond donors (Lipinski definition) is 1. The Bertz CT molecular complexity index is 452. The van der Waals surface area contributed by atoms with Crippen molar-refractivity contribution < 1.29 is 8.42 Å². The van der Waals surface area contributed by atoms with Crippen molar-refractivity contribution in [1.29, 1.82) is 0 Å². The predicted octanol–water partition coefficient (Wildman–Crippen LogP) is 1.94. The smallest absolute Gasteiger partial charge is 0.229 e. The molecule has 0 unspecified atom stereocenters. The van der Waals surface area contributed by atoms with Gasteiger partial charge in [0, 0.05) is 5.69 Å². The third-order valence-corrected chi connectivity index (χ3v) is 3.18. The number of unbranched alkanes of at least 4 members (excludes halogenated alkanes) is 1. The fourth-order valence-electron chi connectivity index (χ4n) is 1.71. The Morgan fingerprint density at radius 2 is 1.72 bits per heavy atom. The highest BCUT2D eigenvalue weighted by Gasteiger charge is 2.01. The Morgan fingerprint density at radius 3 is 2.22 bits per heavy atom. The molecule has 0 bridgehead atoms. The van der Waals surface area contributed by atoms with Crippen molar-refractivity contribution in [3.8, 4) is 0 Å². The maximum absolute atomic E-state index is 11.0. The Labute approximate surface area is 110 Å². The lowest BCUT2D eigenvalue weighted by Gasteiger charge is -2.09. The van der Waals surface area contributed by atoms with E-state index in [1.165, 1.54) is 12.0 Å². The van der Waals surface area contributed by atoms with Crippen LogP contribution >= 0.6 is 0 Å². The van der Waals surface area contributed by atoms with Crippen LogP contribution in [0.15, 0.2) is 24.3 Å². The first-order valence-corrected chi connectivity index (χ1v) is 7.97. The largest absolute Gasteiger partial charge is 0.309 e. The highest BCUT2D eigenvalue weighted by atomic mass is 32.2. The first-order valence-electron chi connectivity index (χ1n) is 6.08. The maximum Gasteiger partial charge on any atom is 0.229 e. The molecule has 0 aliphatic rings. The number of anilines is 1. The van der Waals surface area contributed by atoms with Crippen LogP contribution in [0.2, 0.25) is 0 Å². The summed E-state index contributed by atoms with van der Waals surface area (Å²) >= 11 is 0. The number of aryl methyl sites for hydroxylation is 1. The highest BCUT2D eigenvalue weighted by molar-refractivity contribution is 7.92. The minimum absolute atomic E-state index is 0.620. The van der Waals surface area contributed by atoms with Gasteiger partial charge in [-0.15, -0.1) is 0 Å². The Morgan fingerprint density at radius 1 is 1.11 bits per heavy atom. The molecule has 0 radical (unpaired) electrons. The molecule has 5 heteroatoms. The van der Waals surface area contributed by atoms with Gasteiger partial charge in [0.25, 0.3) is 0 Å². The highest BCUT2D eigenvalue weighted by Crippen LogP contribution is 2.12. The second-order valence-electron chi connectivity index (χ2n) is 4.83. The molecule has 18 heavy (non-hydrogen) atoms. The zero-order chi connectivity index (χ0) is 13.6. The zero-order valence-electron chi connectivity index (χ0n) is 11.3. The van der Waals surface area contributed by atoms with Gasteiger partial charge in [-0.25, -0.2) is 8.42 Å². The van der Waals surface area contributed by atoms with E-state index in [4.69, 9.17) is 0 Å².